The molecular formula is C17H14ClNO2. The standard InChI is InChI=1S/C17H14ClNO2/c18-15-11-13(12-19)8-9-17(15)21-10-4-7-16(20)14-5-2-1-3-6-14/h1-3,5-6,8-9,11H,4,7,10H2. The maximum atomic E-state index is 11.9. The van der Waals surface area contributed by atoms with Crippen molar-refractivity contribution in [1.82, 2.24) is 0 Å². The summed E-state index contributed by atoms with van der Waals surface area (Å²) in [4.78, 5) is 11.9. The van der Waals surface area contributed by atoms with Crippen LogP contribution in [-0.2, 0) is 0 Å². The zero-order valence-electron chi connectivity index (χ0n) is 11.4. The molecule has 0 aliphatic rings. The van der Waals surface area contributed by atoms with E-state index in [2.05, 4.69) is 0 Å². The van der Waals surface area contributed by atoms with Crippen LogP contribution >= 0.6 is 11.6 Å². The van der Waals surface area contributed by atoms with Crippen molar-refractivity contribution in [1.29, 1.82) is 5.26 Å². The fourth-order valence-electron chi connectivity index (χ4n) is 1.87. The molecule has 0 aromatic heterocycles. The lowest BCUT2D eigenvalue weighted by Gasteiger charge is -2.07. The lowest BCUT2D eigenvalue weighted by Crippen LogP contribution is -2.04. The summed E-state index contributed by atoms with van der Waals surface area (Å²) in [5.74, 6) is 0.632. The predicted molar refractivity (Wildman–Crippen MR) is 81.7 cm³/mol. The van der Waals surface area contributed by atoms with Gasteiger partial charge in [0.15, 0.2) is 5.78 Å². The number of carbonyl (C=O) groups excluding carboxylic acids is 1. The van der Waals surface area contributed by atoms with E-state index in [0.717, 1.165) is 0 Å². The Kier molecular flexibility index (Phi) is 5.36. The van der Waals surface area contributed by atoms with Gasteiger partial charge in [-0.05, 0) is 24.6 Å². The number of nitrogens with zero attached hydrogens (tertiary/aromatic N) is 1. The van der Waals surface area contributed by atoms with Crippen molar-refractivity contribution in [3.05, 3.63) is 64.7 Å². The highest BCUT2D eigenvalue weighted by Crippen LogP contribution is 2.25. The van der Waals surface area contributed by atoms with Crippen molar-refractivity contribution in [2.75, 3.05) is 6.61 Å². The van der Waals surface area contributed by atoms with Crippen LogP contribution in [0.3, 0.4) is 0 Å². The summed E-state index contributed by atoms with van der Waals surface area (Å²) < 4.78 is 5.53. The van der Waals surface area contributed by atoms with Crippen molar-refractivity contribution < 1.29 is 9.53 Å². The van der Waals surface area contributed by atoms with Crippen LogP contribution in [0.5, 0.6) is 5.75 Å². The second-order valence-electron chi connectivity index (χ2n) is 4.50. The summed E-state index contributed by atoms with van der Waals surface area (Å²) >= 11 is 6.00. The summed E-state index contributed by atoms with van der Waals surface area (Å²) in [5, 5.41) is 9.16. The molecule has 0 fully saturated rings. The number of rotatable bonds is 6. The molecule has 0 unspecified atom stereocenters. The number of ether oxygens (including phenoxy) is 1. The summed E-state index contributed by atoms with van der Waals surface area (Å²) in [7, 11) is 0. The SMILES string of the molecule is N#Cc1ccc(OCCCC(=O)c2ccccc2)c(Cl)c1. The Morgan fingerprint density at radius 2 is 1.95 bits per heavy atom. The summed E-state index contributed by atoms with van der Waals surface area (Å²) in [6, 6.07) is 16.1. The lowest BCUT2D eigenvalue weighted by atomic mass is 10.1. The lowest BCUT2D eigenvalue weighted by molar-refractivity contribution is 0.0973. The highest BCUT2D eigenvalue weighted by Gasteiger charge is 2.06. The molecule has 0 spiro atoms. The zero-order chi connectivity index (χ0) is 15.1. The Balaban J connectivity index is 1.80. The van der Waals surface area contributed by atoms with Crippen LogP contribution in [0.2, 0.25) is 5.02 Å². The Morgan fingerprint density at radius 3 is 2.62 bits per heavy atom. The number of halogens is 1. The van der Waals surface area contributed by atoms with Crippen LogP contribution in [-0.4, -0.2) is 12.4 Å². The van der Waals surface area contributed by atoms with E-state index in [1.54, 1.807) is 30.3 Å². The van der Waals surface area contributed by atoms with E-state index in [1.165, 1.54) is 0 Å². The normalized spacial score (nSPS) is 9.90. The third-order valence-electron chi connectivity index (χ3n) is 2.96. The largest absolute Gasteiger partial charge is 0.492 e. The summed E-state index contributed by atoms with van der Waals surface area (Å²) in [6.07, 6.45) is 1.04. The monoisotopic (exact) mass is 299 g/mol. The van der Waals surface area contributed by atoms with Crippen LogP contribution in [0.25, 0.3) is 0 Å². The molecule has 0 saturated carbocycles. The van der Waals surface area contributed by atoms with Gasteiger partial charge in [-0.3, -0.25) is 4.79 Å². The number of Topliss-reactive ketones (excluding diaryl/α,β-unsaturated/α-hetero) is 1. The van der Waals surface area contributed by atoms with Gasteiger partial charge in [0.05, 0.1) is 23.3 Å². The molecule has 0 atom stereocenters. The van der Waals surface area contributed by atoms with Gasteiger partial charge in [-0.15, -0.1) is 0 Å². The van der Waals surface area contributed by atoms with Crippen LogP contribution in [0.1, 0.15) is 28.8 Å². The van der Waals surface area contributed by atoms with Gasteiger partial charge in [0.25, 0.3) is 0 Å². The molecule has 106 valence electrons. The third kappa shape index (κ3) is 4.34. The van der Waals surface area contributed by atoms with Gasteiger partial charge in [0.2, 0.25) is 0 Å². The number of benzene rings is 2. The van der Waals surface area contributed by atoms with Crippen molar-refractivity contribution in [2.24, 2.45) is 0 Å². The van der Waals surface area contributed by atoms with E-state index in [-0.39, 0.29) is 5.78 Å². The Hall–Kier alpha value is -2.31. The minimum absolute atomic E-state index is 0.102. The average molecular weight is 300 g/mol. The molecule has 0 aliphatic carbocycles. The van der Waals surface area contributed by atoms with Crippen molar-refractivity contribution in [2.45, 2.75) is 12.8 Å². The van der Waals surface area contributed by atoms with E-state index < -0.39 is 0 Å². The van der Waals surface area contributed by atoms with Gasteiger partial charge in [0, 0.05) is 12.0 Å². The molecule has 2 rings (SSSR count). The van der Waals surface area contributed by atoms with Crippen molar-refractivity contribution in [3.63, 3.8) is 0 Å². The van der Waals surface area contributed by atoms with Crippen LogP contribution < -0.4 is 4.74 Å². The molecular weight excluding hydrogens is 286 g/mol. The number of hydrogen-bond donors (Lipinski definition) is 0. The molecule has 2 aromatic rings. The molecule has 0 bridgehead atoms. The van der Waals surface area contributed by atoms with Gasteiger partial charge in [-0.2, -0.15) is 5.26 Å². The quantitative estimate of drug-likeness (QED) is 0.591. The maximum Gasteiger partial charge on any atom is 0.163 e. The van der Waals surface area contributed by atoms with E-state index in [1.807, 2.05) is 24.3 Å². The first-order valence-electron chi connectivity index (χ1n) is 6.61. The van der Waals surface area contributed by atoms with Crippen LogP contribution in [0, 0.1) is 11.3 Å². The second-order valence-corrected chi connectivity index (χ2v) is 4.91. The summed E-state index contributed by atoms with van der Waals surface area (Å²) in [5.41, 5.74) is 1.21. The Labute approximate surface area is 128 Å². The van der Waals surface area contributed by atoms with E-state index >= 15 is 0 Å². The zero-order valence-corrected chi connectivity index (χ0v) is 12.1. The number of nitriles is 1. The third-order valence-corrected chi connectivity index (χ3v) is 3.26. The van der Waals surface area contributed by atoms with Gasteiger partial charge in [-0.1, -0.05) is 41.9 Å². The Bertz CT molecular complexity index is 662. The van der Waals surface area contributed by atoms with Crippen LogP contribution in [0.4, 0.5) is 0 Å². The fraction of sp³-hybridized carbons (Fsp3) is 0.176. The molecule has 0 saturated heterocycles. The number of hydrogen-bond acceptors (Lipinski definition) is 3. The molecule has 0 heterocycles. The first-order valence-corrected chi connectivity index (χ1v) is 6.99. The molecule has 2 aromatic carbocycles. The smallest absolute Gasteiger partial charge is 0.163 e. The minimum atomic E-state index is 0.102. The first-order chi connectivity index (χ1) is 10.2. The predicted octanol–water partition coefficient (Wildman–Crippen LogP) is 4.25. The molecule has 0 amide bonds. The highest BCUT2D eigenvalue weighted by atomic mass is 35.5. The minimum Gasteiger partial charge on any atom is -0.492 e. The maximum absolute atomic E-state index is 11.9. The molecule has 0 N–H and O–H groups in total. The first kappa shape index (κ1) is 15.1. The molecule has 21 heavy (non-hydrogen) atoms. The van der Waals surface area contributed by atoms with Crippen molar-refractivity contribution in [3.8, 4) is 11.8 Å². The molecule has 3 nitrogen and oxygen atoms in total. The van der Waals surface area contributed by atoms with Gasteiger partial charge >= 0.3 is 0 Å². The fourth-order valence-corrected chi connectivity index (χ4v) is 2.11. The summed E-state index contributed by atoms with van der Waals surface area (Å²) in [6.45, 7) is 0.407. The molecule has 0 aliphatic heterocycles. The topological polar surface area (TPSA) is 50.1 Å². The number of ketones is 1. The number of carbonyl (C=O) groups is 1. The van der Waals surface area contributed by atoms with Crippen molar-refractivity contribution >= 4 is 17.4 Å². The van der Waals surface area contributed by atoms with E-state index in [9.17, 15) is 4.79 Å². The second kappa shape index (κ2) is 7.47. The average Bonchev–Trinajstić information content (AvgIpc) is 2.53. The van der Waals surface area contributed by atoms with Gasteiger partial charge in [0.1, 0.15) is 5.75 Å². The van der Waals surface area contributed by atoms with E-state index in [0.29, 0.717) is 41.3 Å². The van der Waals surface area contributed by atoms with Crippen LogP contribution in [0.15, 0.2) is 48.5 Å². The molecule has 0 radical (unpaired) electrons. The van der Waals surface area contributed by atoms with E-state index in [4.69, 9.17) is 21.6 Å². The highest BCUT2D eigenvalue weighted by molar-refractivity contribution is 6.32. The van der Waals surface area contributed by atoms with Gasteiger partial charge < -0.3 is 4.74 Å². The Morgan fingerprint density at radius 1 is 1.19 bits per heavy atom. The van der Waals surface area contributed by atoms with Gasteiger partial charge in [-0.25, -0.2) is 0 Å². The molecule has 4 heteroatoms.